The zero-order valence-corrected chi connectivity index (χ0v) is 19.8. The molecule has 2 aromatic heterocycles. The summed E-state index contributed by atoms with van der Waals surface area (Å²) in [4.78, 5) is 23.5. The van der Waals surface area contributed by atoms with Crippen LogP contribution in [0.1, 0.15) is 15.4 Å². The molecule has 4 aromatic rings. The fraction of sp³-hybridized carbons (Fsp3) is 0.250. The number of fused-ring (bicyclic) bond motifs is 1. The highest BCUT2D eigenvalue weighted by atomic mass is 35.5. The van der Waals surface area contributed by atoms with Crippen LogP contribution in [0.5, 0.6) is 5.75 Å². The third-order valence-electron chi connectivity index (χ3n) is 5.97. The van der Waals surface area contributed by atoms with Crippen LogP contribution in [0.2, 0.25) is 5.02 Å². The highest BCUT2D eigenvalue weighted by Gasteiger charge is 2.26. The third-order valence-corrected chi connectivity index (χ3v) is 7.41. The number of halogens is 2. The van der Waals surface area contributed by atoms with E-state index < -0.39 is 5.82 Å². The smallest absolute Gasteiger partial charge is 0.265 e. The number of carbonyl (C=O) groups is 1. The van der Waals surface area contributed by atoms with Crippen LogP contribution in [0.15, 0.2) is 48.7 Å². The summed E-state index contributed by atoms with van der Waals surface area (Å²) in [6.07, 6.45) is 1.97. The maximum absolute atomic E-state index is 13.5. The molecule has 6 nitrogen and oxygen atoms in total. The Hall–Kier alpha value is -3.10. The van der Waals surface area contributed by atoms with E-state index in [0.717, 1.165) is 33.3 Å². The Kier molecular flexibility index (Phi) is 5.72. The second-order valence-electron chi connectivity index (χ2n) is 7.90. The number of benzene rings is 2. The van der Waals surface area contributed by atoms with Crippen molar-refractivity contribution in [3.63, 3.8) is 0 Å². The molecule has 0 spiro atoms. The number of aromatic nitrogens is 2. The average Bonchev–Trinajstić information content (AvgIpc) is 3.40. The normalized spacial score (nSPS) is 14.2. The van der Waals surface area contributed by atoms with Gasteiger partial charge in [-0.05, 0) is 49.4 Å². The van der Waals surface area contributed by atoms with Gasteiger partial charge < -0.3 is 14.5 Å². The zero-order valence-electron chi connectivity index (χ0n) is 18.2. The van der Waals surface area contributed by atoms with Gasteiger partial charge in [0, 0.05) is 49.3 Å². The predicted molar refractivity (Wildman–Crippen MR) is 129 cm³/mol. The molecule has 1 saturated heterocycles. The SMILES string of the molecule is COc1ccc(-c2cn3c(C)c(C(=O)N4CCN(c5ccc(F)c(Cl)c5)CC4)sc3n2)cc1. The van der Waals surface area contributed by atoms with Gasteiger partial charge in [0.15, 0.2) is 4.96 Å². The highest BCUT2D eigenvalue weighted by Crippen LogP contribution is 2.30. The number of ether oxygens (including phenoxy) is 1. The molecule has 2 aromatic carbocycles. The molecule has 0 saturated carbocycles. The first-order valence-corrected chi connectivity index (χ1v) is 11.8. The van der Waals surface area contributed by atoms with Crippen LogP contribution in [0.4, 0.5) is 10.1 Å². The van der Waals surface area contributed by atoms with Gasteiger partial charge in [0.25, 0.3) is 5.91 Å². The van der Waals surface area contributed by atoms with Gasteiger partial charge in [0.2, 0.25) is 0 Å². The second-order valence-corrected chi connectivity index (χ2v) is 9.29. The summed E-state index contributed by atoms with van der Waals surface area (Å²) in [7, 11) is 1.64. The molecule has 1 fully saturated rings. The molecule has 0 radical (unpaired) electrons. The summed E-state index contributed by atoms with van der Waals surface area (Å²) in [6.45, 7) is 4.45. The van der Waals surface area contributed by atoms with E-state index >= 15 is 0 Å². The zero-order chi connectivity index (χ0) is 23.1. The number of amides is 1. The molecule has 170 valence electrons. The summed E-state index contributed by atoms with van der Waals surface area (Å²) in [5.41, 5.74) is 3.61. The van der Waals surface area contributed by atoms with Crippen molar-refractivity contribution in [1.82, 2.24) is 14.3 Å². The number of anilines is 1. The highest BCUT2D eigenvalue weighted by molar-refractivity contribution is 7.19. The average molecular weight is 485 g/mol. The first kappa shape index (κ1) is 21.7. The quantitative estimate of drug-likeness (QED) is 0.402. The Morgan fingerprint density at radius 1 is 1.12 bits per heavy atom. The fourth-order valence-corrected chi connectivity index (χ4v) is 5.29. The molecule has 0 atom stereocenters. The monoisotopic (exact) mass is 484 g/mol. The Morgan fingerprint density at radius 2 is 1.85 bits per heavy atom. The van der Waals surface area contributed by atoms with Gasteiger partial charge in [0.05, 0.1) is 17.8 Å². The third kappa shape index (κ3) is 4.05. The number of hydrogen-bond donors (Lipinski definition) is 0. The van der Waals surface area contributed by atoms with Gasteiger partial charge >= 0.3 is 0 Å². The Balaban J connectivity index is 1.31. The molecule has 1 aliphatic heterocycles. The van der Waals surface area contributed by atoms with E-state index in [1.54, 1.807) is 19.2 Å². The summed E-state index contributed by atoms with van der Waals surface area (Å²) in [6, 6.07) is 12.5. The number of thiazole rings is 1. The number of hydrogen-bond acceptors (Lipinski definition) is 5. The maximum atomic E-state index is 13.5. The van der Waals surface area contributed by atoms with E-state index in [2.05, 4.69) is 4.90 Å². The van der Waals surface area contributed by atoms with Crippen molar-refractivity contribution in [1.29, 1.82) is 0 Å². The van der Waals surface area contributed by atoms with Crippen molar-refractivity contribution in [3.8, 4) is 17.0 Å². The van der Waals surface area contributed by atoms with Gasteiger partial charge in [-0.3, -0.25) is 9.20 Å². The molecule has 1 aliphatic rings. The van der Waals surface area contributed by atoms with Crippen molar-refractivity contribution in [2.75, 3.05) is 38.2 Å². The molecule has 3 heterocycles. The number of imidazole rings is 1. The minimum atomic E-state index is -0.428. The molecular formula is C24H22ClFN4O2S. The van der Waals surface area contributed by atoms with Crippen molar-refractivity contribution in [2.45, 2.75) is 6.92 Å². The van der Waals surface area contributed by atoms with Crippen LogP contribution in [0.25, 0.3) is 16.2 Å². The molecular weight excluding hydrogens is 463 g/mol. The molecule has 1 amide bonds. The summed E-state index contributed by atoms with van der Waals surface area (Å²) in [5, 5.41) is 0.109. The summed E-state index contributed by atoms with van der Waals surface area (Å²) >= 11 is 7.34. The van der Waals surface area contributed by atoms with E-state index in [9.17, 15) is 9.18 Å². The van der Waals surface area contributed by atoms with Gasteiger partial charge in [-0.25, -0.2) is 9.37 Å². The number of carbonyl (C=O) groups excluding carboxylic acids is 1. The molecule has 33 heavy (non-hydrogen) atoms. The van der Waals surface area contributed by atoms with Crippen LogP contribution in [-0.2, 0) is 0 Å². The van der Waals surface area contributed by atoms with E-state index in [1.165, 1.54) is 17.4 Å². The van der Waals surface area contributed by atoms with Gasteiger partial charge in [-0.2, -0.15) is 0 Å². The first-order valence-electron chi connectivity index (χ1n) is 10.6. The molecule has 0 aliphatic carbocycles. The second kappa shape index (κ2) is 8.68. The standard InChI is InChI=1S/C24H22ClFN4O2S/c1-15-22(33-24-27-21(14-30(15)24)16-3-6-18(32-2)7-4-16)23(31)29-11-9-28(10-12-29)17-5-8-20(26)19(25)13-17/h3-8,13-14H,9-12H2,1-2H3. The van der Waals surface area contributed by atoms with E-state index in [4.69, 9.17) is 21.3 Å². The van der Waals surface area contributed by atoms with E-state index in [-0.39, 0.29) is 10.9 Å². The minimum absolute atomic E-state index is 0.0192. The lowest BCUT2D eigenvalue weighted by molar-refractivity contribution is 0.0750. The summed E-state index contributed by atoms with van der Waals surface area (Å²) < 4.78 is 20.7. The molecule has 0 bridgehead atoms. The largest absolute Gasteiger partial charge is 0.497 e. The van der Waals surface area contributed by atoms with Crippen molar-refractivity contribution < 1.29 is 13.9 Å². The Labute approximate surface area is 199 Å². The van der Waals surface area contributed by atoms with Gasteiger partial charge in [-0.1, -0.05) is 22.9 Å². The molecule has 9 heteroatoms. The molecule has 0 unspecified atom stereocenters. The van der Waals surface area contributed by atoms with Crippen LogP contribution in [-0.4, -0.2) is 53.5 Å². The predicted octanol–water partition coefficient (Wildman–Crippen LogP) is 5.13. The summed E-state index contributed by atoms with van der Waals surface area (Å²) in [5.74, 6) is 0.389. The Bertz CT molecular complexity index is 1330. The van der Waals surface area contributed by atoms with Crippen LogP contribution in [0.3, 0.4) is 0 Å². The lowest BCUT2D eigenvalue weighted by Gasteiger charge is -2.36. The molecule has 0 N–H and O–H groups in total. The van der Waals surface area contributed by atoms with Crippen molar-refractivity contribution in [3.05, 3.63) is 70.1 Å². The van der Waals surface area contributed by atoms with Crippen LogP contribution >= 0.6 is 22.9 Å². The number of methoxy groups -OCH3 is 1. The van der Waals surface area contributed by atoms with Gasteiger partial charge in [0.1, 0.15) is 16.4 Å². The lowest BCUT2D eigenvalue weighted by atomic mass is 10.2. The topological polar surface area (TPSA) is 50.1 Å². The number of piperazine rings is 1. The Morgan fingerprint density at radius 3 is 2.48 bits per heavy atom. The first-order chi connectivity index (χ1) is 15.9. The van der Waals surface area contributed by atoms with Crippen molar-refractivity contribution in [2.24, 2.45) is 0 Å². The lowest BCUT2D eigenvalue weighted by Crippen LogP contribution is -2.48. The molecule has 5 rings (SSSR count). The van der Waals surface area contributed by atoms with Gasteiger partial charge in [-0.15, -0.1) is 0 Å². The fourth-order valence-electron chi connectivity index (χ4n) is 4.04. The minimum Gasteiger partial charge on any atom is -0.497 e. The number of nitrogens with zero attached hydrogens (tertiary/aromatic N) is 4. The van der Waals surface area contributed by atoms with Crippen molar-refractivity contribution >= 4 is 39.5 Å². The maximum Gasteiger partial charge on any atom is 0.265 e. The van der Waals surface area contributed by atoms with Crippen LogP contribution in [0, 0.1) is 12.7 Å². The number of aryl methyl sites for hydroxylation is 1. The van der Waals surface area contributed by atoms with E-state index in [1.807, 2.05) is 46.7 Å². The number of rotatable bonds is 4. The van der Waals surface area contributed by atoms with E-state index in [0.29, 0.717) is 31.1 Å². The van der Waals surface area contributed by atoms with Crippen LogP contribution < -0.4 is 9.64 Å².